The SMILES string of the molecule is CC(C)=C(F)C(=O)N1CC(O)CC(NC(=O)C2CC3(C2)CS(=O)(=O)C3)C1. The third-order valence-corrected chi connectivity index (χ3v) is 7.58. The smallest absolute Gasteiger partial charge is 0.282 e. The second kappa shape index (κ2) is 6.60. The highest BCUT2D eigenvalue weighted by atomic mass is 32.2. The van der Waals surface area contributed by atoms with Gasteiger partial charge in [-0.3, -0.25) is 9.59 Å². The van der Waals surface area contributed by atoms with Crippen LogP contribution in [0.5, 0.6) is 0 Å². The van der Waals surface area contributed by atoms with Crippen LogP contribution in [0.2, 0.25) is 0 Å². The minimum atomic E-state index is -2.91. The first kappa shape index (κ1) is 19.3. The molecule has 0 aromatic rings. The average molecular weight is 388 g/mol. The summed E-state index contributed by atoms with van der Waals surface area (Å²) in [6.07, 6.45) is 0.593. The monoisotopic (exact) mass is 388 g/mol. The number of allylic oxidation sites excluding steroid dienone is 1. The van der Waals surface area contributed by atoms with Crippen molar-refractivity contribution in [1.29, 1.82) is 0 Å². The lowest BCUT2D eigenvalue weighted by Crippen LogP contribution is -2.61. The summed E-state index contributed by atoms with van der Waals surface area (Å²) in [5.74, 6) is -1.70. The van der Waals surface area contributed by atoms with Gasteiger partial charge in [0.25, 0.3) is 5.91 Å². The van der Waals surface area contributed by atoms with Gasteiger partial charge in [-0.1, -0.05) is 0 Å². The van der Waals surface area contributed by atoms with Gasteiger partial charge in [-0.05, 0) is 44.1 Å². The molecule has 0 bridgehead atoms. The predicted octanol–water partition coefficient (Wildman–Crippen LogP) is 0.153. The van der Waals surface area contributed by atoms with Gasteiger partial charge in [0.05, 0.1) is 17.6 Å². The van der Waals surface area contributed by atoms with E-state index in [4.69, 9.17) is 0 Å². The lowest BCUT2D eigenvalue weighted by atomic mass is 9.63. The van der Waals surface area contributed by atoms with Crippen LogP contribution in [-0.4, -0.2) is 67.0 Å². The number of aliphatic hydroxyl groups is 1. The van der Waals surface area contributed by atoms with Crippen LogP contribution in [0.1, 0.15) is 33.1 Å². The van der Waals surface area contributed by atoms with Crippen LogP contribution in [0, 0.1) is 11.3 Å². The molecule has 2 saturated heterocycles. The Hall–Kier alpha value is -1.48. The normalized spacial score (nSPS) is 29.5. The molecule has 2 amide bonds. The highest BCUT2D eigenvalue weighted by Crippen LogP contribution is 2.53. The second-order valence-electron chi connectivity index (χ2n) is 8.26. The Kier molecular flexibility index (Phi) is 4.89. The van der Waals surface area contributed by atoms with E-state index in [-0.39, 0.29) is 47.4 Å². The molecule has 3 fully saturated rings. The molecule has 1 aliphatic carbocycles. The van der Waals surface area contributed by atoms with Crippen LogP contribution in [0.15, 0.2) is 11.4 Å². The molecule has 2 unspecified atom stereocenters. The Bertz CT molecular complexity index is 739. The van der Waals surface area contributed by atoms with Crippen LogP contribution in [0.3, 0.4) is 0 Å². The Labute approximate surface area is 152 Å². The van der Waals surface area contributed by atoms with Gasteiger partial charge < -0.3 is 15.3 Å². The molecule has 1 saturated carbocycles. The molecule has 0 aromatic carbocycles. The number of β-amino-alcohol motifs (C(OH)–C–C–N with tert-alkyl or cyclic N) is 1. The van der Waals surface area contributed by atoms with Gasteiger partial charge in [0.1, 0.15) is 0 Å². The molecule has 7 nitrogen and oxygen atoms in total. The van der Waals surface area contributed by atoms with E-state index in [1.807, 2.05) is 0 Å². The third-order valence-electron chi connectivity index (χ3n) is 5.47. The summed E-state index contributed by atoms with van der Waals surface area (Å²) in [5, 5.41) is 12.8. The number of nitrogens with one attached hydrogen (secondary N) is 1. The Morgan fingerprint density at radius 3 is 2.35 bits per heavy atom. The zero-order valence-electron chi connectivity index (χ0n) is 15.0. The molecular formula is C17H25FN2O5S. The lowest BCUT2D eigenvalue weighted by molar-refractivity contribution is -0.137. The summed E-state index contributed by atoms with van der Waals surface area (Å²) >= 11 is 0. The molecule has 2 heterocycles. The largest absolute Gasteiger partial charge is 0.391 e. The quantitative estimate of drug-likeness (QED) is 0.670. The molecular weight excluding hydrogens is 363 g/mol. The Morgan fingerprint density at radius 1 is 1.19 bits per heavy atom. The van der Waals surface area contributed by atoms with Crippen LogP contribution >= 0.6 is 0 Å². The highest BCUT2D eigenvalue weighted by Gasteiger charge is 2.58. The van der Waals surface area contributed by atoms with Crippen molar-refractivity contribution >= 4 is 21.7 Å². The maximum Gasteiger partial charge on any atom is 0.282 e. The summed E-state index contributed by atoms with van der Waals surface area (Å²) in [6.45, 7) is 3.19. The van der Waals surface area contributed by atoms with E-state index in [1.165, 1.54) is 18.7 Å². The van der Waals surface area contributed by atoms with E-state index >= 15 is 0 Å². The fraction of sp³-hybridized carbons (Fsp3) is 0.765. The minimum Gasteiger partial charge on any atom is -0.391 e. The van der Waals surface area contributed by atoms with Crippen molar-refractivity contribution in [2.45, 2.75) is 45.3 Å². The predicted molar refractivity (Wildman–Crippen MR) is 92.4 cm³/mol. The molecule has 146 valence electrons. The Balaban J connectivity index is 1.54. The van der Waals surface area contributed by atoms with Gasteiger partial charge in [-0.15, -0.1) is 0 Å². The van der Waals surface area contributed by atoms with Crippen LogP contribution < -0.4 is 5.32 Å². The van der Waals surface area contributed by atoms with Gasteiger partial charge in [0.2, 0.25) is 5.91 Å². The highest BCUT2D eigenvalue weighted by molar-refractivity contribution is 7.92. The molecule has 26 heavy (non-hydrogen) atoms. The average Bonchev–Trinajstić information content (AvgIpc) is 2.47. The zero-order valence-corrected chi connectivity index (χ0v) is 15.8. The number of aliphatic hydroxyl groups excluding tert-OH is 1. The first-order chi connectivity index (χ1) is 12.0. The molecule has 1 spiro atoms. The van der Waals surface area contributed by atoms with Gasteiger partial charge in [-0.25, -0.2) is 12.8 Å². The van der Waals surface area contributed by atoms with Gasteiger partial charge >= 0.3 is 0 Å². The van der Waals surface area contributed by atoms with Crippen LogP contribution in [-0.2, 0) is 19.4 Å². The number of carbonyl (C=O) groups is 2. The molecule has 3 aliphatic rings. The standard InChI is InChI=1S/C17H25FN2O5S/c1-10(2)14(18)16(23)20-6-12(3-13(21)7-20)19-15(22)11-4-17(5-11)8-26(24,25)9-17/h11-13,21H,3-9H2,1-2H3,(H,19,22). The number of nitrogens with zero attached hydrogens (tertiary/aromatic N) is 1. The minimum absolute atomic E-state index is 0.0380. The number of hydrogen-bond donors (Lipinski definition) is 2. The maximum absolute atomic E-state index is 13.9. The molecule has 0 radical (unpaired) electrons. The number of hydrogen-bond acceptors (Lipinski definition) is 5. The zero-order chi connectivity index (χ0) is 19.3. The summed E-state index contributed by atoms with van der Waals surface area (Å²) in [7, 11) is -2.91. The molecule has 2 N–H and O–H groups in total. The fourth-order valence-electron chi connectivity index (χ4n) is 4.31. The number of amides is 2. The van der Waals surface area contributed by atoms with Crippen molar-refractivity contribution in [3.05, 3.63) is 11.4 Å². The first-order valence-electron chi connectivity index (χ1n) is 8.81. The molecule has 9 heteroatoms. The fourth-order valence-corrected chi connectivity index (χ4v) is 6.56. The first-order valence-corrected chi connectivity index (χ1v) is 10.6. The van der Waals surface area contributed by atoms with Gasteiger partial charge in [0.15, 0.2) is 15.7 Å². The molecule has 3 rings (SSSR count). The van der Waals surface area contributed by atoms with Crippen molar-refractivity contribution in [2.75, 3.05) is 24.6 Å². The van der Waals surface area contributed by atoms with E-state index < -0.39 is 33.7 Å². The van der Waals surface area contributed by atoms with E-state index in [0.717, 1.165) is 0 Å². The number of likely N-dealkylation sites (tertiary alicyclic amines) is 1. The number of sulfone groups is 1. The molecule has 2 aliphatic heterocycles. The topological polar surface area (TPSA) is 104 Å². The van der Waals surface area contributed by atoms with E-state index in [2.05, 4.69) is 5.32 Å². The maximum atomic E-state index is 13.9. The van der Waals surface area contributed by atoms with Crippen molar-refractivity contribution < 1.29 is 27.5 Å². The second-order valence-corrected chi connectivity index (χ2v) is 10.3. The number of carbonyl (C=O) groups excluding carboxylic acids is 2. The van der Waals surface area contributed by atoms with Crippen LogP contribution in [0.4, 0.5) is 4.39 Å². The van der Waals surface area contributed by atoms with Crippen LogP contribution in [0.25, 0.3) is 0 Å². The van der Waals surface area contributed by atoms with E-state index in [0.29, 0.717) is 19.3 Å². The van der Waals surface area contributed by atoms with E-state index in [9.17, 15) is 27.5 Å². The summed E-state index contributed by atoms with van der Waals surface area (Å²) < 4.78 is 36.5. The third kappa shape index (κ3) is 3.78. The van der Waals surface area contributed by atoms with Crippen molar-refractivity contribution in [3.8, 4) is 0 Å². The van der Waals surface area contributed by atoms with Gasteiger partial charge in [-0.2, -0.15) is 0 Å². The van der Waals surface area contributed by atoms with Crippen molar-refractivity contribution in [1.82, 2.24) is 10.2 Å². The summed E-state index contributed by atoms with van der Waals surface area (Å²) in [6, 6.07) is -0.443. The number of rotatable bonds is 3. The Morgan fingerprint density at radius 2 is 1.81 bits per heavy atom. The summed E-state index contributed by atoms with van der Waals surface area (Å²) in [4.78, 5) is 25.7. The van der Waals surface area contributed by atoms with Crippen molar-refractivity contribution in [2.24, 2.45) is 11.3 Å². The lowest BCUT2D eigenvalue weighted by Gasteiger charge is -2.52. The van der Waals surface area contributed by atoms with Gasteiger partial charge in [0, 0.05) is 25.0 Å². The van der Waals surface area contributed by atoms with E-state index in [1.54, 1.807) is 0 Å². The number of halogens is 1. The molecule has 2 atom stereocenters. The molecule has 0 aromatic heterocycles. The van der Waals surface area contributed by atoms with Crippen molar-refractivity contribution in [3.63, 3.8) is 0 Å². The number of piperidine rings is 1. The summed E-state index contributed by atoms with van der Waals surface area (Å²) in [5.41, 5.74) is 0.0486.